The van der Waals surface area contributed by atoms with Crippen LogP contribution in [-0.2, 0) is 0 Å². The molecule has 1 aliphatic heterocycles. The molecule has 1 fully saturated rings. The van der Waals surface area contributed by atoms with Gasteiger partial charge in [0.05, 0.1) is 12.6 Å². The third-order valence-corrected chi connectivity index (χ3v) is 4.83. The van der Waals surface area contributed by atoms with Gasteiger partial charge in [0, 0.05) is 20.1 Å². The van der Waals surface area contributed by atoms with Gasteiger partial charge in [-0.15, -0.1) is 0 Å². The van der Waals surface area contributed by atoms with Crippen molar-refractivity contribution >= 4 is 28.2 Å². The van der Waals surface area contributed by atoms with Crippen LogP contribution in [0.3, 0.4) is 0 Å². The predicted octanol–water partition coefficient (Wildman–Crippen LogP) is 1.17. The number of piperidine rings is 1. The maximum Gasteiger partial charge on any atom is 0.267 e. The summed E-state index contributed by atoms with van der Waals surface area (Å²) in [5.74, 6) is 0.113. The first-order chi connectivity index (χ1) is 9.54. The first-order valence-corrected chi connectivity index (χ1v) is 7.75. The summed E-state index contributed by atoms with van der Waals surface area (Å²) in [6.07, 6.45) is 3.56. The highest BCUT2D eigenvalue weighted by atomic mass is 32.1. The van der Waals surface area contributed by atoms with Crippen molar-refractivity contribution < 1.29 is 9.90 Å². The zero-order valence-electron chi connectivity index (χ0n) is 12.0. The number of rotatable bonds is 4. The van der Waals surface area contributed by atoms with Gasteiger partial charge in [-0.1, -0.05) is 11.3 Å². The Bertz CT molecular complexity index is 471. The Morgan fingerprint density at radius 2 is 2.15 bits per heavy atom. The molecular weight excluding hydrogens is 276 g/mol. The summed E-state index contributed by atoms with van der Waals surface area (Å²) in [5.41, 5.74) is 5.89. The molecule has 0 saturated carbocycles. The summed E-state index contributed by atoms with van der Waals surface area (Å²) in [6, 6.07) is -0.234. The van der Waals surface area contributed by atoms with Gasteiger partial charge < -0.3 is 20.6 Å². The first kappa shape index (κ1) is 15.1. The molecule has 1 aliphatic rings. The van der Waals surface area contributed by atoms with Gasteiger partial charge in [0.25, 0.3) is 5.91 Å². The molecule has 20 heavy (non-hydrogen) atoms. The molecule has 1 atom stereocenters. The van der Waals surface area contributed by atoms with Gasteiger partial charge in [-0.2, -0.15) is 0 Å². The number of aromatic nitrogens is 1. The molecule has 0 aliphatic carbocycles. The van der Waals surface area contributed by atoms with Gasteiger partial charge in [0.15, 0.2) is 5.13 Å². The van der Waals surface area contributed by atoms with Crippen LogP contribution in [0.15, 0.2) is 0 Å². The molecule has 0 bridgehead atoms. The minimum Gasteiger partial charge on any atom is -0.394 e. The fraction of sp³-hybridized carbons (Fsp3) is 0.692. The van der Waals surface area contributed by atoms with Gasteiger partial charge in [0.1, 0.15) is 10.7 Å². The maximum absolute atomic E-state index is 12.3. The normalized spacial score (nSPS) is 17.1. The molecule has 0 aromatic carbocycles. The molecular formula is C13H22N4O2S. The van der Waals surface area contributed by atoms with Crippen LogP contribution in [0.2, 0.25) is 0 Å². The van der Waals surface area contributed by atoms with Crippen LogP contribution < -0.4 is 10.6 Å². The Kier molecular flexibility index (Phi) is 4.82. The standard InChI is InChI=1S/C13H22N4O2S/c1-9(8-18)16(2)12(19)10-11(14)15-13(20-10)17-6-4-3-5-7-17/h9,18H,3-8,14H2,1-2H3. The van der Waals surface area contributed by atoms with Crippen molar-refractivity contribution in [2.24, 2.45) is 0 Å². The van der Waals surface area contributed by atoms with Crippen LogP contribution in [0, 0.1) is 0 Å². The predicted molar refractivity (Wildman–Crippen MR) is 81.2 cm³/mol. The number of nitrogens with two attached hydrogens (primary N) is 1. The van der Waals surface area contributed by atoms with E-state index in [-0.39, 0.29) is 24.4 Å². The zero-order valence-corrected chi connectivity index (χ0v) is 12.8. The molecule has 0 radical (unpaired) electrons. The van der Waals surface area contributed by atoms with Crippen molar-refractivity contribution in [3.05, 3.63) is 4.88 Å². The van der Waals surface area contributed by atoms with E-state index in [0.29, 0.717) is 4.88 Å². The van der Waals surface area contributed by atoms with Crippen molar-refractivity contribution in [1.29, 1.82) is 0 Å². The average Bonchev–Trinajstić information content (AvgIpc) is 2.87. The number of aliphatic hydroxyl groups is 1. The average molecular weight is 298 g/mol. The number of nitrogen functional groups attached to an aromatic ring is 1. The molecule has 2 heterocycles. The Morgan fingerprint density at radius 3 is 2.75 bits per heavy atom. The minimum atomic E-state index is -0.234. The lowest BCUT2D eigenvalue weighted by Gasteiger charge is -2.25. The third-order valence-electron chi connectivity index (χ3n) is 3.71. The third kappa shape index (κ3) is 3.04. The molecule has 0 spiro atoms. The number of nitrogens with zero attached hydrogens (tertiary/aromatic N) is 3. The Balaban J connectivity index is 2.16. The van der Waals surface area contributed by atoms with E-state index in [9.17, 15) is 4.79 Å². The van der Waals surface area contributed by atoms with Gasteiger partial charge in [-0.05, 0) is 26.2 Å². The fourth-order valence-electron chi connectivity index (χ4n) is 2.18. The smallest absolute Gasteiger partial charge is 0.267 e. The number of amides is 1. The van der Waals surface area contributed by atoms with Crippen molar-refractivity contribution in [1.82, 2.24) is 9.88 Å². The SMILES string of the molecule is CC(CO)N(C)C(=O)c1sc(N2CCCCC2)nc1N. The van der Waals surface area contributed by atoms with Crippen molar-refractivity contribution in [3.8, 4) is 0 Å². The van der Waals surface area contributed by atoms with Crippen molar-refractivity contribution in [2.75, 3.05) is 37.4 Å². The van der Waals surface area contributed by atoms with Gasteiger partial charge in [-0.25, -0.2) is 4.98 Å². The van der Waals surface area contributed by atoms with Crippen LogP contribution in [-0.4, -0.2) is 53.7 Å². The number of likely N-dealkylation sites (N-methyl/N-ethyl adjacent to an activating group) is 1. The van der Waals surface area contributed by atoms with Crippen molar-refractivity contribution in [3.63, 3.8) is 0 Å². The lowest BCUT2D eigenvalue weighted by molar-refractivity contribution is 0.0688. The number of carbonyl (C=O) groups excluding carboxylic acids is 1. The molecule has 1 aromatic heterocycles. The number of anilines is 2. The molecule has 1 saturated heterocycles. The fourth-order valence-corrected chi connectivity index (χ4v) is 3.20. The van der Waals surface area contributed by atoms with E-state index in [0.717, 1.165) is 31.1 Å². The van der Waals surface area contributed by atoms with E-state index < -0.39 is 0 Å². The highest BCUT2D eigenvalue weighted by Crippen LogP contribution is 2.31. The molecule has 7 heteroatoms. The molecule has 112 valence electrons. The summed E-state index contributed by atoms with van der Waals surface area (Å²) in [5, 5.41) is 9.96. The minimum absolute atomic E-state index is 0.0695. The van der Waals surface area contributed by atoms with Crippen LogP contribution in [0.1, 0.15) is 35.9 Å². The second-order valence-corrected chi connectivity index (χ2v) is 6.18. The molecule has 1 unspecified atom stereocenters. The lowest BCUT2D eigenvalue weighted by atomic mass is 10.1. The van der Waals surface area contributed by atoms with Gasteiger partial charge in [0.2, 0.25) is 0 Å². The topological polar surface area (TPSA) is 82.7 Å². The summed E-state index contributed by atoms with van der Waals surface area (Å²) >= 11 is 1.35. The number of aliphatic hydroxyl groups excluding tert-OH is 1. The second kappa shape index (κ2) is 6.41. The number of hydrogen-bond acceptors (Lipinski definition) is 6. The Labute approximate surface area is 123 Å². The molecule has 6 nitrogen and oxygen atoms in total. The summed E-state index contributed by atoms with van der Waals surface area (Å²) in [4.78, 5) is 20.8. The first-order valence-electron chi connectivity index (χ1n) is 6.94. The zero-order chi connectivity index (χ0) is 14.7. The highest BCUT2D eigenvalue weighted by molar-refractivity contribution is 7.18. The second-order valence-electron chi connectivity index (χ2n) is 5.21. The quantitative estimate of drug-likeness (QED) is 0.872. The van der Waals surface area contributed by atoms with Crippen LogP contribution >= 0.6 is 11.3 Å². The monoisotopic (exact) mass is 298 g/mol. The highest BCUT2D eigenvalue weighted by Gasteiger charge is 2.24. The molecule has 1 aromatic rings. The van der Waals surface area contributed by atoms with E-state index in [1.165, 1.54) is 22.7 Å². The number of carbonyl (C=O) groups is 1. The largest absolute Gasteiger partial charge is 0.394 e. The summed E-state index contributed by atoms with van der Waals surface area (Å²) < 4.78 is 0. The van der Waals surface area contributed by atoms with Gasteiger partial charge in [-0.3, -0.25) is 4.79 Å². The van der Waals surface area contributed by atoms with E-state index in [2.05, 4.69) is 9.88 Å². The van der Waals surface area contributed by atoms with E-state index in [4.69, 9.17) is 10.8 Å². The van der Waals surface area contributed by atoms with E-state index in [1.54, 1.807) is 14.0 Å². The van der Waals surface area contributed by atoms with E-state index >= 15 is 0 Å². The van der Waals surface area contributed by atoms with Crippen LogP contribution in [0.4, 0.5) is 10.9 Å². The summed E-state index contributed by atoms with van der Waals surface area (Å²) in [7, 11) is 1.67. The van der Waals surface area contributed by atoms with Gasteiger partial charge >= 0.3 is 0 Å². The molecule has 2 rings (SSSR count). The van der Waals surface area contributed by atoms with Crippen molar-refractivity contribution in [2.45, 2.75) is 32.2 Å². The summed E-state index contributed by atoms with van der Waals surface area (Å²) in [6.45, 7) is 3.67. The number of thiazole rings is 1. The maximum atomic E-state index is 12.3. The number of hydrogen-bond donors (Lipinski definition) is 2. The molecule has 3 N–H and O–H groups in total. The lowest BCUT2D eigenvalue weighted by Crippen LogP contribution is -2.37. The Hall–Kier alpha value is -1.34. The van der Waals surface area contributed by atoms with Crippen LogP contribution in [0.5, 0.6) is 0 Å². The Morgan fingerprint density at radius 1 is 1.50 bits per heavy atom. The molecule has 1 amide bonds. The van der Waals surface area contributed by atoms with E-state index in [1.807, 2.05) is 0 Å². The van der Waals surface area contributed by atoms with Crippen LogP contribution in [0.25, 0.3) is 0 Å².